The summed E-state index contributed by atoms with van der Waals surface area (Å²) in [6, 6.07) is 12.7. The number of methoxy groups -OCH3 is 1. The summed E-state index contributed by atoms with van der Waals surface area (Å²) in [4.78, 5) is 22.0. The molecule has 1 N–H and O–H groups in total. The lowest BCUT2D eigenvalue weighted by Gasteiger charge is -2.53. The van der Waals surface area contributed by atoms with E-state index in [1.54, 1.807) is 6.07 Å². The van der Waals surface area contributed by atoms with E-state index >= 15 is 8.78 Å². The molecule has 0 spiro atoms. The minimum atomic E-state index is -0.404. The molecule has 2 aromatic rings. The van der Waals surface area contributed by atoms with Crippen LogP contribution in [0, 0.1) is 40.7 Å². The van der Waals surface area contributed by atoms with Crippen LogP contribution in [0.15, 0.2) is 36.4 Å². The van der Waals surface area contributed by atoms with Gasteiger partial charge in [-0.3, -0.25) is 9.80 Å². The van der Waals surface area contributed by atoms with Crippen LogP contribution in [0.4, 0.5) is 19.3 Å². The third kappa shape index (κ3) is 7.36. The normalized spacial score (nSPS) is 25.4. The van der Waals surface area contributed by atoms with Crippen LogP contribution >= 0.6 is 0 Å². The van der Waals surface area contributed by atoms with Crippen molar-refractivity contribution in [2.75, 3.05) is 90.7 Å². The highest BCUT2D eigenvalue weighted by atomic mass is 19.1. The Hall–Kier alpha value is -3.30. The van der Waals surface area contributed by atoms with Crippen molar-refractivity contribution in [3.63, 3.8) is 0 Å². The Morgan fingerprint density at radius 1 is 0.980 bits per heavy atom. The number of hydrogen-bond acceptors (Lipinski definition) is 8. The number of ether oxygens (including phenoxy) is 2. The van der Waals surface area contributed by atoms with Crippen LogP contribution in [0.5, 0.6) is 0 Å². The molecule has 5 aliphatic rings. The number of morpholine rings is 1. The van der Waals surface area contributed by atoms with E-state index < -0.39 is 6.09 Å². The molecule has 7 rings (SSSR count). The summed E-state index contributed by atoms with van der Waals surface area (Å²) in [6.07, 6.45) is 5.62. The summed E-state index contributed by atoms with van der Waals surface area (Å²) in [5.41, 5.74) is 2.66. The van der Waals surface area contributed by atoms with Gasteiger partial charge in [0.05, 0.1) is 37.6 Å². The molecule has 0 radical (unpaired) electrons. The zero-order valence-electron chi connectivity index (χ0n) is 29.4. The molecule has 4 heterocycles. The van der Waals surface area contributed by atoms with Gasteiger partial charge in [-0.1, -0.05) is 18.6 Å². The number of carbonyl (C=O) groups is 1. The maximum atomic E-state index is 15.2. The fourth-order valence-electron chi connectivity index (χ4n) is 9.70. The molecule has 2 aromatic carbocycles. The van der Waals surface area contributed by atoms with Gasteiger partial charge in [-0.25, -0.2) is 13.6 Å². The lowest BCUT2D eigenvalue weighted by Crippen LogP contribution is -2.59. The molecule has 1 saturated carbocycles. The summed E-state index contributed by atoms with van der Waals surface area (Å²) < 4.78 is 41.0. The van der Waals surface area contributed by atoms with E-state index in [-0.39, 0.29) is 29.0 Å². The summed E-state index contributed by atoms with van der Waals surface area (Å²) >= 11 is 0. The number of alkyl carbamates (subject to hydrolysis) is 1. The van der Waals surface area contributed by atoms with Gasteiger partial charge in [0.1, 0.15) is 11.6 Å². The average molecular weight is 691 g/mol. The van der Waals surface area contributed by atoms with E-state index in [9.17, 15) is 10.1 Å². The van der Waals surface area contributed by atoms with Crippen LogP contribution in [0.3, 0.4) is 0 Å². The molecule has 50 heavy (non-hydrogen) atoms. The van der Waals surface area contributed by atoms with Gasteiger partial charge in [-0.2, -0.15) is 5.26 Å². The number of carbonyl (C=O) groups excluding carboxylic acids is 1. The Kier molecular flexibility index (Phi) is 10.9. The number of piperidine rings is 1. The summed E-state index contributed by atoms with van der Waals surface area (Å²) in [7, 11) is 1.41. The highest BCUT2D eigenvalue weighted by molar-refractivity contribution is 5.67. The van der Waals surface area contributed by atoms with Crippen molar-refractivity contribution >= 4 is 11.8 Å². The van der Waals surface area contributed by atoms with Crippen molar-refractivity contribution in [3.8, 4) is 6.07 Å². The number of halogens is 2. The lowest BCUT2D eigenvalue weighted by atomic mass is 9.58. The van der Waals surface area contributed by atoms with Crippen molar-refractivity contribution in [2.45, 2.75) is 56.5 Å². The highest BCUT2D eigenvalue weighted by Gasteiger charge is 2.53. The number of nitrogens with one attached hydrogen (secondary N) is 1. The number of likely N-dealkylation sites (tertiary alicyclic amines) is 2. The minimum Gasteiger partial charge on any atom is -0.453 e. The summed E-state index contributed by atoms with van der Waals surface area (Å²) in [6.45, 7) is 11.1. The molecule has 4 saturated heterocycles. The number of amides is 1. The molecule has 0 aromatic heterocycles. The maximum Gasteiger partial charge on any atom is 0.407 e. The zero-order chi connectivity index (χ0) is 34.7. The Labute approximate surface area is 295 Å². The predicted octanol–water partition coefficient (Wildman–Crippen LogP) is 4.99. The van der Waals surface area contributed by atoms with Crippen LogP contribution in [0.2, 0.25) is 0 Å². The molecular weight excluding hydrogens is 638 g/mol. The maximum absolute atomic E-state index is 15.2. The molecule has 0 bridgehead atoms. The van der Waals surface area contributed by atoms with Crippen LogP contribution in [0.25, 0.3) is 0 Å². The van der Waals surface area contributed by atoms with E-state index in [1.165, 1.54) is 25.7 Å². The van der Waals surface area contributed by atoms with E-state index in [0.717, 1.165) is 109 Å². The van der Waals surface area contributed by atoms with Crippen molar-refractivity contribution < 1.29 is 23.0 Å². The molecule has 3 atom stereocenters. The molecule has 270 valence electrons. The first-order valence-corrected chi connectivity index (χ1v) is 18.7. The zero-order valence-corrected chi connectivity index (χ0v) is 29.4. The van der Waals surface area contributed by atoms with Crippen molar-refractivity contribution in [1.82, 2.24) is 20.0 Å². The van der Waals surface area contributed by atoms with Gasteiger partial charge in [0.25, 0.3) is 0 Å². The molecule has 9 nitrogen and oxygen atoms in total. The van der Waals surface area contributed by atoms with E-state index in [1.807, 2.05) is 12.1 Å². The molecular formula is C39H52F2N6O3. The van der Waals surface area contributed by atoms with Gasteiger partial charge in [0.15, 0.2) is 0 Å². The first-order valence-electron chi connectivity index (χ1n) is 18.7. The number of nitriles is 1. The first kappa shape index (κ1) is 35.1. The molecule has 1 aliphatic carbocycles. The van der Waals surface area contributed by atoms with Crippen LogP contribution in [-0.4, -0.2) is 113 Å². The highest BCUT2D eigenvalue weighted by Crippen LogP contribution is 2.51. The molecule has 4 aliphatic heterocycles. The third-order valence-electron chi connectivity index (χ3n) is 12.4. The number of anilines is 1. The topological polar surface area (TPSA) is 84.3 Å². The van der Waals surface area contributed by atoms with Gasteiger partial charge in [-0.05, 0) is 106 Å². The van der Waals surface area contributed by atoms with E-state index in [4.69, 9.17) is 9.47 Å². The van der Waals surface area contributed by atoms with Crippen LogP contribution in [0.1, 0.15) is 55.2 Å². The lowest BCUT2D eigenvalue weighted by molar-refractivity contribution is -0.00681. The van der Waals surface area contributed by atoms with Crippen molar-refractivity contribution in [2.24, 2.45) is 17.8 Å². The number of hydrogen-bond donors (Lipinski definition) is 1. The fourth-order valence-corrected chi connectivity index (χ4v) is 9.70. The SMILES string of the molecule is COC(=O)N[C@H]1CCC[C@@H]1C(CN1CCOCC1)(c1cccc(F)c1)C1CCN(CC2CN(c3cc(CN4CCC4)c(C#N)cc3F)C2)CC1. The second-order valence-corrected chi connectivity index (χ2v) is 15.3. The summed E-state index contributed by atoms with van der Waals surface area (Å²) in [5.74, 6) is 0.377. The summed E-state index contributed by atoms with van der Waals surface area (Å²) in [5, 5.41) is 12.8. The van der Waals surface area contributed by atoms with Gasteiger partial charge in [0, 0.05) is 63.2 Å². The minimum absolute atomic E-state index is 0.0419. The fraction of sp³-hybridized carbons (Fsp3) is 0.641. The van der Waals surface area contributed by atoms with E-state index in [2.05, 4.69) is 37.1 Å². The van der Waals surface area contributed by atoms with E-state index in [0.29, 0.717) is 42.8 Å². The number of benzene rings is 2. The van der Waals surface area contributed by atoms with Crippen LogP contribution in [-0.2, 0) is 21.4 Å². The number of nitrogens with zero attached hydrogens (tertiary/aromatic N) is 5. The predicted molar refractivity (Wildman–Crippen MR) is 188 cm³/mol. The van der Waals surface area contributed by atoms with Gasteiger partial charge < -0.3 is 24.6 Å². The standard InChI is InChI=1S/C39H52F2N6O3/c1-49-38(48)43-36-8-3-7-34(36)39(27-46-15-17-50-18-16-46,32-5-2-6-33(40)21-32)31-9-13-45(14-10-31)23-28-24-47(25-28)37-20-30(26-44-11-4-12-44)29(22-42)19-35(37)41/h2,5-6,19-21,28,31,34,36H,3-4,7-18,23-27H2,1H3,(H,43,48)/t34-,36-,39?/m0/s1. The Bertz CT molecular complexity index is 1530. The van der Waals surface area contributed by atoms with Gasteiger partial charge >= 0.3 is 6.09 Å². The Morgan fingerprint density at radius 2 is 1.76 bits per heavy atom. The second kappa shape index (κ2) is 15.5. The van der Waals surface area contributed by atoms with Crippen LogP contribution < -0.4 is 10.2 Å². The monoisotopic (exact) mass is 690 g/mol. The van der Waals surface area contributed by atoms with Crippen molar-refractivity contribution in [3.05, 3.63) is 64.7 Å². The second-order valence-electron chi connectivity index (χ2n) is 15.3. The quantitative estimate of drug-likeness (QED) is 0.354. The van der Waals surface area contributed by atoms with Crippen molar-refractivity contribution in [1.29, 1.82) is 5.26 Å². The smallest absolute Gasteiger partial charge is 0.407 e. The Balaban J connectivity index is 1.06. The number of rotatable bonds is 11. The average Bonchev–Trinajstić information content (AvgIpc) is 3.56. The molecule has 5 fully saturated rings. The van der Waals surface area contributed by atoms with Gasteiger partial charge in [0.2, 0.25) is 0 Å². The molecule has 11 heteroatoms. The first-order chi connectivity index (χ1) is 24.4. The Morgan fingerprint density at radius 3 is 2.44 bits per heavy atom. The molecule has 1 unspecified atom stereocenters. The third-order valence-corrected chi connectivity index (χ3v) is 12.4. The van der Waals surface area contributed by atoms with Gasteiger partial charge in [-0.15, -0.1) is 0 Å². The largest absolute Gasteiger partial charge is 0.453 e. The molecule has 1 amide bonds.